The summed E-state index contributed by atoms with van der Waals surface area (Å²) in [5.74, 6) is -2.53. The average molecular weight is 389 g/mol. The molecular weight excluding hydrogens is 375 g/mol. The number of carboxylic acids is 1. The molecule has 1 atom stereocenters. The molecule has 6 nitrogen and oxygen atoms in total. The molecule has 28 heavy (non-hydrogen) atoms. The smallest absolute Gasteiger partial charge is 0.417 e. The summed E-state index contributed by atoms with van der Waals surface area (Å²) < 4.78 is 39.3. The number of carbonyl (C=O) groups excluding carboxylic acids is 1. The highest BCUT2D eigenvalue weighted by molar-refractivity contribution is 5.98. The minimum Gasteiger partial charge on any atom is -0.480 e. The maximum atomic E-state index is 13.1. The van der Waals surface area contributed by atoms with Gasteiger partial charge in [-0.2, -0.15) is 13.2 Å². The second kappa shape index (κ2) is 7.63. The second-order valence-corrected chi connectivity index (χ2v) is 5.96. The summed E-state index contributed by atoms with van der Waals surface area (Å²) in [6.07, 6.45) is -3.60. The molecule has 2 aromatic carbocycles. The average Bonchev–Trinajstić information content (AvgIpc) is 2.66. The first-order valence-electron chi connectivity index (χ1n) is 8.16. The first kappa shape index (κ1) is 19.3. The lowest BCUT2D eigenvalue weighted by Gasteiger charge is -2.17. The van der Waals surface area contributed by atoms with Gasteiger partial charge in [0.1, 0.15) is 6.04 Å². The molecule has 0 saturated heterocycles. The van der Waals surface area contributed by atoms with E-state index >= 15 is 0 Å². The number of fused-ring (bicyclic) bond motifs is 1. The number of alkyl halides is 3. The zero-order chi connectivity index (χ0) is 20.3. The van der Waals surface area contributed by atoms with E-state index in [4.69, 9.17) is 0 Å². The van der Waals surface area contributed by atoms with Crippen LogP contribution in [0.5, 0.6) is 0 Å². The Hall–Kier alpha value is -3.49. The van der Waals surface area contributed by atoms with Crippen LogP contribution < -0.4 is 5.32 Å². The van der Waals surface area contributed by atoms with Crippen molar-refractivity contribution in [3.8, 4) is 0 Å². The molecule has 3 rings (SSSR count). The molecule has 1 aromatic heterocycles. The van der Waals surface area contributed by atoms with Gasteiger partial charge in [-0.15, -0.1) is 0 Å². The number of amides is 1. The van der Waals surface area contributed by atoms with Gasteiger partial charge in [-0.05, 0) is 24.3 Å². The molecule has 2 N–H and O–H groups in total. The topological polar surface area (TPSA) is 92.2 Å². The van der Waals surface area contributed by atoms with Crippen molar-refractivity contribution in [2.75, 3.05) is 0 Å². The Morgan fingerprint density at radius 2 is 1.68 bits per heavy atom. The van der Waals surface area contributed by atoms with Gasteiger partial charge >= 0.3 is 12.1 Å². The molecular formula is C19H14F3N3O3. The summed E-state index contributed by atoms with van der Waals surface area (Å²) in [4.78, 5) is 32.3. The fourth-order valence-corrected chi connectivity index (χ4v) is 2.67. The van der Waals surface area contributed by atoms with E-state index in [0.29, 0.717) is 11.0 Å². The Morgan fingerprint density at radius 1 is 1.04 bits per heavy atom. The van der Waals surface area contributed by atoms with Crippen molar-refractivity contribution >= 4 is 22.9 Å². The molecule has 0 aliphatic carbocycles. The molecule has 144 valence electrons. The number of benzene rings is 2. The predicted octanol–water partition coefficient (Wildman–Crippen LogP) is 3.07. The van der Waals surface area contributed by atoms with Crippen molar-refractivity contribution in [3.05, 3.63) is 71.5 Å². The number of carboxylic acid groups (broad SMARTS) is 1. The number of halogens is 3. The number of aromatic nitrogens is 2. The Kier molecular flexibility index (Phi) is 5.25. The van der Waals surface area contributed by atoms with Crippen LogP contribution in [0, 0.1) is 0 Å². The van der Waals surface area contributed by atoms with Gasteiger partial charge in [0.05, 0.1) is 27.9 Å². The Balaban J connectivity index is 1.83. The third-order valence-corrected chi connectivity index (χ3v) is 3.99. The van der Waals surface area contributed by atoms with Crippen LogP contribution in [0.2, 0.25) is 0 Å². The molecule has 1 amide bonds. The maximum absolute atomic E-state index is 13.1. The van der Waals surface area contributed by atoms with Crippen LogP contribution in [-0.4, -0.2) is 33.0 Å². The lowest BCUT2D eigenvalue weighted by Crippen LogP contribution is -2.43. The lowest BCUT2D eigenvalue weighted by molar-refractivity contribution is -0.139. The summed E-state index contributed by atoms with van der Waals surface area (Å²) >= 11 is 0. The SMILES string of the molecule is O=C(N[C@@H](Cc1cnc2ccccc2n1)C(=O)O)c1ccccc1C(F)(F)F. The first-order valence-corrected chi connectivity index (χ1v) is 8.16. The highest BCUT2D eigenvalue weighted by atomic mass is 19.4. The predicted molar refractivity (Wildman–Crippen MR) is 93.6 cm³/mol. The lowest BCUT2D eigenvalue weighted by atomic mass is 10.1. The van der Waals surface area contributed by atoms with E-state index in [0.717, 1.165) is 18.2 Å². The van der Waals surface area contributed by atoms with E-state index in [9.17, 15) is 27.9 Å². The zero-order valence-corrected chi connectivity index (χ0v) is 14.3. The van der Waals surface area contributed by atoms with E-state index in [1.807, 2.05) is 0 Å². The van der Waals surface area contributed by atoms with Gasteiger partial charge in [0, 0.05) is 12.6 Å². The number of hydrogen-bond donors (Lipinski definition) is 2. The Labute approximate surface area is 157 Å². The fraction of sp³-hybridized carbons (Fsp3) is 0.158. The third kappa shape index (κ3) is 4.25. The molecule has 0 spiro atoms. The van der Waals surface area contributed by atoms with Crippen LogP contribution in [0.4, 0.5) is 13.2 Å². The van der Waals surface area contributed by atoms with Crippen molar-refractivity contribution < 1.29 is 27.9 Å². The summed E-state index contributed by atoms with van der Waals surface area (Å²) in [5, 5.41) is 11.5. The monoisotopic (exact) mass is 389 g/mol. The summed E-state index contributed by atoms with van der Waals surface area (Å²) in [6, 6.07) is 9.65. The number of nitrogens with one attached hydrogen (secondary N) is 1. The van der Waals surface area contributed by atoms with Crippen molar-refractivity contribution in [2.24, 2.45) is 0 Å². The summed E-state index contributed by atoms with van der Waals surface area (Å²) in [7, 11) is 0. The van der Waals surface area contributed by atoms with Gasteiger partial charge in [0.25, 0.3) is 5.91 Å². The van der Waals surface area contributed by atoms with Gasteiger partial charge in [-0.1, -0.05) is 24.3 Å². The number of rotatable bonds is 5. The standard InChI is InChI=1S/C19H14F3N3O3/c20-19(21,22)13-6-2-1-5-12(13)17(26)25-16(18(27)28)9-11-10-23-14-7-3-4-8-15(14)24-11/h1-8,10,16H,9H2,(H,25,26)(H,27,28)/t16-/m0/s1. The number of carbonyl (C=O) groups is 2. The summed E-state index contributed by atoms with van der Waals surface area (Å²) in [6.45, 7) is 0. The van der Waals surface area contributed by atoms with Crippen molar-refractivity contribution in [1.29, 1.82) is 0 Å². The third-order valence-electron chi connectivity index (χ3n) is 3.99. The number of para-hydroxylation sites is 2. The van der Waals surface area contributed by atoms with E-state index in [-0.39, 0.29) is 12.1 Å². The highest BCUT2D eigenvalue weighted by Crippen LogP contribution is 2.31. The van der Waals surface area contributed by atoms with Crippen molar-refractivity contribution in [2.45, 2.75) is 18.6 Å². The maximum Gasteiger partial charge on any atom is 0.417 e. The summed E-state index contributed by atoms with van der Waals surface area (Å²) in [5.41, 5.74) is -0.345. The number of aliphatic carboxylic acids is 1. The molecule has 0 unspecified atom stereocenters. The molecule has 0 fully saturated rings. The highest BCUT2D eigenvalue weighted by Gasteiger charge is 2.35. The van der Waals surface area contributed by atoms with Crippen LogP contribution in [-0.2, 0) is 17.4 Å². The minimum absolute atomic E-state index is 0.229. The van der Waals surface area contributed by atoms with Gasteiger partial charge in [-0.3, -0.25) is 9.78 Å². The molecule has 3 aromatic rings. The second-order valence-electron chi connectivity index (χ2n) is 5.96. The van der Waals surface area contributed by atoms with Crippen LogP contribution in [0.3, 0.4) is 0 Å². The molecule has 0 radical (unpaired) electrons. The van der Waals surface area contributed by atoms with E-state index in [1.165, 1.54) is 12.3 Å². The molecule has 0 bridgehead atoms. The van der Waals surface area contributed by atoms with Crippen molar-refractivity contribution in [3.63, 3.8) is 0 Å². The zero-order valence-electron chi connectivity index (χ0n) is 14.3. The van der Waals surface area contributed by atoms with Crippen molar-refractivity contribution in [1.82, 2.24) is 15.3 Å². The first-order chi connectivity index (χ1) is 13.3. The van der Waals surface area contributed by atoms with Crippen LogP contribution in [0.15, 0.2) is 54.7 Å². The van der Waals surface area contributed by atoms with Gasteiger partial charge < -0.3 is 10.4 Å². The Morgan fingerprint density at radius 3 is 2.36 bits per heavy atom. The van der Waals surface area contributed by atoms with E-state index in [1.54, 1.807) is 24.3 Å². The molecule has 1 heterocycles. The molecule has 0 aliphatic rings. The fourth-order valence-electron chi connectivity index (χ4n) is 2.67. The number of hydrogen-bond acceptors (Lipinski definition) is 4. The van der Waals surface area contributed by atoms with Gasteiger partial charge in [0.15, 0.2) is 0 Å². The van der Waals surface area contributed by atoms with E-state index in [2.05, 4.69) is 15.3 Å². The minimum atomic E-state index is -4.74. The quantitative estimate of drug-likeness (QED) is 0.700. The van der Waals surface area contributed by atoms with Crippen LogP contribution >= 0.6 is 0 Å². The van der Waals surface area contributed by atoms with Crippen LogP contribution in [0.25, 0.3) is 11.0 Å². The van der Waals surface area contributed by atoms with Crippen LogP contribution in [0.1, 0.15) is 21.6 Å². The normalized spacial score (nSPS) is 12.5. The Bertz CT molecular complexity index is 1040. The molecule has 0 saturated carbocycles. The van der Waals surface area contributed by atoms with Gasteiger partial charge in [0.2, 0.25) is 0 Å². The number of nitrogens with zero attached hydrogens (tertiary/aromatic N) is 2. The largest absolute Gasteiger partial charge is 0.480 e. The molecule has 0 aliphatic heterocycles. The van der Waals surface area contributed by atoms with E-state index < -0.39 is 35.2 Å². The molecule has 9 heteroatoms. The van der Waals surface area contributed by atoms with Gasteiger partial charge in [-0.25, -0.2) is 9.78 Å².